The highest BCUT2D eigenvalue weighted by Crippen LogP contribution is 2.27. The van der Waals surface area contributed by atoms with Gasteiger partial charge in [0, 0.05) is 17.9 Å². The van der Waals surface area contributed by atoms with E-state index in [1.807, 2.05) is 20.8 Å². The largest absolute Gasteiger partial charge is 0.325 e. The van der Waals surface area contributed by atoms with Crippen molar-refractivity contribution in [3.05, 3.63) is 35.7 Å². The molecular weight excluding hydrogens is 384 g/mol. The van der Waals surface area contributed by atoms with Crippen molar-refractivity contribution in [1.29, 1.82) is 0 Å². The first-order chi connectivity index (χ1) is 12.5. The first-order valence-corrected chi connectivity index (χ1v) is 11.1. The molecule has 0 radical (unpaired) electrons. The number of sulfonamides is 1. The number of carbonyl (C=O) groups excluding carboxylic acids is 1. The van der Waals surface area contributed by atoms with Crippen molar-refractivity contribution >= 4 is 33.4 Å². The monoisotopic (exact) mass is 410 g/mol. The molecule has 0 bridgehead atoms. The fraction of sp³-hybridized carbons (Fsp3) is 0.444. The van der Waals surface area contributed by atoms with Crippen LogP contribution in [-0.4, -0.2) is 29.1 Å². The van der Waals surface area contributed by atoms with Gasteiger partial charge < -0.3 is 9.88 Å². The van der Waals surface area contributed by atoms with E-state index in [0.29, 0.717) is 11.6 Å². The Hall–Kier alpha value is -1.84. The Morgan fingerprint density at radius 2 is 1.81 bits per heavy atom. The minimum absolute atomic E-state index is 0.00425. The van der Waals surface area contributed by atoms with Gasteiger partial charge in [0.2, 0.25) is 15.9 Å². The molecule has 1 unspecified atom stereocenters. The van der Waals surface area contributed by atoms with Gasteiger partial charge in [-0.25, -0.2) is 18.5 Å². The summed E-state index contributed by atoms with van der Waals surface area (Å²) in [5.41, 5.74) is 2.58. The topological polar surface area (TPSA) is 107 Å². The fourth-order valence-electron chi connectivity index (χ4n) is 2.48. The molecule has 0 saturated carbocycles. The van der Waals surface area contributed by atoms with Crippen molar-refractivity contribution in [3.63, 3.8) is 0 Å². The molecule has 2 aromatic rings. The lowest BCUT2D eigenvalue weighted by Crippen LogP contribution is -2.23. The van der Waals surface area contributed by atoms with Gasteiger partial charge in [-0.15, -0.1) is 0 Å². The van der Waals surface area contributed by atoms with Gasteiger partial charge in [-0.2, -0.15) is 0 Å². The number of hydrogen-bond acceptors (Lipinski definition) is 5. The maximum absolute atomic E-state index is 12.5. The molecule has 0 saturated heterocycles. The minimum Gasteiger partial charge on any atom is -0.325 e. The van der Waals surface area contributed by atoms with Crippen LogP contribution in [0.2, 0.25) is 0 Å². The number of nitrogens with two attached hydrogens (primary N) is 1. The van der Waals surface area contributed by atoms with E-state index in [-0.39, 0.29) is 16.1 Å². The quantitative estimate of drug-likeness (QED) is 0.683. The Labute approximate surface area is 164 Å². The van der Waals surface area contributed by atoms with Crippen LogP contribution in [0.15, 0.2) is 34.3 Å². The number of rotatable bonds is 7. The Bertz CT molecular complexity index is 919. The van der Waals surface area contributed by atoms with Gasteiger partial charge in [0.15, 0.2) is 5.16 Å². The normalized spacial score (nSPS) is 13.0. The lowest BCUT2D eigenvalue weighted by atomic mass is 10.2. The molecule has 1 aromatic carbocycles. The van der Waals surface area contributed by atoms with Crippen LogP contribution in [0.4, 0.5) is 5.69 Å². The van der Waals surface area contributed by atoms with Crippen LogP contribution < -0.4 is 10.5 Å². The van der Waals surface area contributed by atoms with Gasteiger partial charge in [-0.1, -0.05) is 25.6 Å². The SMILES string of the molecule is Cc1nc(SC(C)C(=O)Nc2ccc(S(N)(=O)=O)cc2)n(CC(C)C)c1C. The number of aryl methyl sites for hydroxylation is 1. The molecule has 0 aliphatic carbocycles. The number of nitrogens with zero attached hydrogens (tertiary/aromatic N) is 2. The molecule has 1 aromatic heterocycles. The van der Waals surface area contributed by atoms with E-state index >= 15 is 0 Å². The number of thioether (sulfide) groups is 1. The van der Waals surface area contributed by atoms with Gasteiger partial charge in [-0.3, -0.25) is 4.79 Å². The number of nitrogens with one attached hydrogen (secondary N) is 1. The summed E-state index contributed by atoms with van der Waals surface area (Å²) < 4.78 is 24.7. The first-order valence-electron chi connectivity index (χ1n) is 8.63. The van der Waals surface area contributed by atoms with Gasteiger partial charge in [-0.05, 0) is 51.0 Å². The molecule has 0 spiro atoms. The van der Waals surface area contributed by atoms with Crippen molar-refractivity contribution in [2.45, 2.75) is 56.5 Å². The number of amides is 1. The first kappa shape index (κ1) is 21.5. The summed E-state index contributed by atoms with van der Waals surface area (Å²) in [6.45, 7) is 11.0. The maximum Gasteiger partial charge on any atom is 0.238 e. The highest BCUT2D eigenvalue weighted by molar-refractivity contribution is 8.00. The van der Waals surface area contributed by atoms with E-state index in [9.17, 15) is 13.2 Å². The number of primary sulfonamides is 1. The van der Waals surface area contributed by atoms with Crippen LogP contribution >= 0.6 is 11.8 Å². The van der Waals surface area contributed by atoms with Crippen LogP contribution in [-0.2, 0) is 21.4 Å². The second kappa shape index (κ2) is 8.45. The highest BCUT2D eigenvalue weighted by Gasteiger charge is 2.20. The molecule has 9 heteroatoms. The Morgan fingerprint density at radius 1 is 1.22 bits per heavy atom. The van der Waals surface area contributed by atoms with E-state index < -0.39 is 10.0 Å². The molecule has 0 fully saturated rings. The van der Waals surface area contributed by atoms with Crippen LogP contribution in [0.5, 0.6) is 0 Å². The van der Waals surface area contributed by atoms with Crippen LogP contribution in [0.3, 0.4) is 0 Å². The fourth-order valence-corrected chi connectivity index (χ4v) is 4.00. The zero-order valence-corrected chi connectivity index (χ0v) is 17.8. The molecule has 148 valence electrons. The number of anilines is 1. The van der Waals surface area contributed by atoms with Crippen molar-refractivity contribution in [2.24, 2.45) is 11.1 Å². The third kappa shape index (κ3) is 5.57. The standard InChI is InChI=1S/C18H26N4O3S2/c1-11(2)10-22-13(4)12(3)20-18(22)26-14(5)17(23)21-15-6-8-16(9-7-15)27(19,24)25/h6-9,11,14H,10H2,1-5H3,(H,21,23)(H2,19,24,25). The third-order valence-corrected chi connectivity index (χ3v) is 6.09. The second-order valence-electron chi connectivity index (χ2n) is 6.89. The third-order valence-electron chi connectivity index (χ3n) is 4.07. The van der Waals surface area contributed by atoms with E-state index in [2.05, 4.69) is 28.7 Å². The Balaban J connectivity index is 2.09. The van der Waals surface area contributed by atoms with Gasteiger partial charge >= 0.3 is 0 Å². The van der Waals surface area contributed by atoms with Crippen LogP contribution in [0.1, 0.15) is 32.2 Å². The van der Waals surface area contributed by atoms with Gasteiger partial charge in [0.25, 0.3) is 0 Å². The summed E-state index contributed by atoms with van der Waals surface area (Å²) in [7, 11) is -3.75. The number of carbonyl (C=O) groups is 1. The Morgan fingerprint density at radius 3 is 2.33 bits per heavy atom. The van der Waals surface area contributed by atoms with E-state index in [1.165, 1.54) is 36.0 Å². The average Bonchev–Trinajstić information content (AvgIpc) is 2.81. The molecule has 2 rings (SSSR count). The summed E-state index contributed by atoms with van der Waals surface area (Å²) >= 11 is 1.41. The lowest BCUT2D eigenvalue weighted by molar-refractivity contribution is -0.115. The predicted octanol–water partition coefficient (Wildman–Crippen LogP) is 2.92. The average molecular weight is 411 g/mol. The molecule has 3 N–H and O–H groups in total. The summed E-state index contributed by atoms with van der Waals surface area (Å²) in [6.07, 6.45) is 0. The lowest BCUT2D eigenvalue weighted by Gasteiger charge is -2.15. The summed E-state index contributed by atoms with van der Waals surface area (Å²) in [6, 6.07) is 5.77. The molecule has 7 nitrogen and oxygen atoms in total. The van der Waals surface area contributed by atoms with Crippen molar-refractivity contribution in [2.75, 3.05) is 5.32 Å². The van der Waals surface area contributed by atoms with Gasteiger partial charge in [0.1, 0.15) is 0 Å². The molecule has 0 aliphatic rings. The second-order valence-corrected chi connectivity index (χ2v) is 9.76. The van der Waals surface area contributed by atoms with E-state index in [4.69, 9.17) is 5.14 Å². The summed E-state index contributed by atoms with van der Waals surface area (Å²) in [5, 5.41) is 8.33. The zero-order chi connectivity index (χ0) is 20.4. The maximum atomic E-state index is 12.5. The predicted molar refractivity (Wildman–Crippen MR) is 108 cm³/mol. The van der Waals surface area contributed by atoms with Crippen LogP contribution in [0.25, 0.3) is 0 Å². The van der Waals surface area contributed by atoms with Crippen molar-refractivity contribution in [1.82, 2.24) is 9.55 Å². The minimum atomic E-state index is -3.75. The highest BCUT2D eigenvalue weighted by atomic mass is 32.2. The molecule has 1 atom stereocenters. The van der Waals surface area contributed by atoms with Crippen LogP contribution in [0, 0.1) is 19.8 Å². The summed E-state index contributed by atoms with van der Waals surface area (Å²) in [5.74, 6) is 0.288. The smallest absolute Gasteiger partial charge is 0.238 e. The van der Waals surface area contributed by atoms with Crippen molar-refractivity contribution < 1.29 is 13.2 Å². The molecule has 0 aliphatic heterocycles. The number of aromatic nitrogens is 2. The Kier molecular flexibility index (Phi) is 6.72. The number of imidazole rings is 1. The van der Waals surface area contributed by atoms with Crippen molar-refractivity contribution in [3.8, 4) is 0 Å². The molecular formula is C18H26N4O3S2. The molecule has 27 heavy (non-hydrogen) atoms. The number of hydrogen-bond donors (Lipinski definition) is 2. The number of benzene rings is 1. The van der Waals surface area contributed by atoms with Gasteiger partial charge in [0.05, 0.1) is 15.8 Å². The summed E-state index contributed by atoms with van der Waals surface area (Å²) in [4.78, 5) is 17.1. The molecule has 1 amide bonds. The molecule has 1 heterocycles. The zero-order valence-electron chi connectivity index (χ0n) is 16.2. The van der Waals surface area contributed by atoms with E-state index in [0.717, 1.165) is 23.1 Å². The van der Waals surface area contributed by atoms with E-state index in [1.54, 1.807) is 0 Å².